The first-order chi connectivity index (χ1) is 32.9. The van der Waals surface area contributed by atoms with Gasteiger partial charge in [-0.15, -0.1) is 0 Å². The highest BCUT2D eigenvalue weighted by molar-refractivity contribution is 5.97. The normalized spacial score (nSPS) is 24.6. The molecule has 6 heterocycles. The van der Waals surface area contributed by atoms with Gasteiger partial charge in [0.1, 0.15) is 30.6 Å². The monoisotopic (exact) mass is 951 g/mol. The first kappa shape index (κ1) is 49.8. The zero-order valence-electron chi connectivity index (χ0n) is 41.4. The van der Waals surface area contributed by atoms with Gasteiger partial charge in [0.05, 0.1) is 30.6 Å². The Morgan fingerprint density at radius 1 is 1.07 bits per heavy atom. The van der Waals surface area contributed by atoms with Crippen LogP contribution in [0.4, 0.5) is 0 Å². The van der Waals surface area contributed by atoms with E-state index in [1.165, 1.54) is 9.91 Å². The number of methoxy groups -OCH3 is 1. The molecule has 3 saturated heterocycles. The van der Waals surface area contributed by atoms with Gasteiger partial charge in [0.2, 0.25) is 11.8 Å². The summed E-state index contributed by atoms with van der Waals surface area (Å²) < 4.78 is 20.5. The van der Waals surface area contributed by atoms with E-state index in [4.69, 9.17) is 24.9 Å². The predicted octanol–water partition coefficient (Wildman–Crippen LogP) is 4.70. The first-order valence-corrected chi connectivity index (χ1v) is 24.6. The van der Waals surface area contributed by atoms with Crippen LogP contribution in [0.3, 0.4) is 0 Å². The fraction of sp³-hybridized carbons (Fsp3) is 0.577. The highest BCUT2D eigenvalue weighted by Gasteiger charge is 2.56. The number of carbonyl (C=O) groups excluding carboxylic acids is 5. The fourth-order valence-electron chi connectivity index (χ4n) is 10.8. The van der Waals surface area contributed by atoms with Crippen molar-refractivity contribution in [2.45, 2.75) is 130 Å². The number of rotatable bonds is 10. The summed E-state index contributed by atoms with van der Waals surface area (Å²) in [5.41, 5.74) is 14.5. The van der Waals surface area contributed by atoms with Gasteiger partial charge in [-0.2, -0.15) is 0 Å². The van der Waals surface area contributed by atoms with Gasteiger partial charge in [0, 0.05) is 80.2 Å². The van der Waals surface area contributed by atoms with Crippen LogP contribution >= 0.6 is 0 Å². The van der Waals surface area contributed by atoms with Crippen LogP contribution in [0.1, 0.15) is 97.4 Å². The van der Waals surface area contributed by atoms with Crippen molar-refractivity contribution in [3.05, 3.63) is 58.9 Å². The largest absolute Gasteiger partial charge is 0.508 e. The van der Waals surface area contributed by atoms with E-state index in [1.54, 1.807) is 31.1 Å². The minimum Gasteiger partial charge on any atom is -0.508 e. The van der Waals surface area contributed by atoms with Crippen LogP contribution in [-0.2, 0) is 57.6 Å². The van der Waals surface area contributed by atoms with Gasteiger partial charge < -0.3 is 44.7 Å². The van der Waals surface area contributed by atoms with Crippen LogP contribution in [0.25, 0.3) is 27.6 Å². The summed E-state index contributed by atoms with van der Waals surface area (Å²) in [6.07, 6.45) is 5.04. The number of allylic oxidation sites excluding steroid dienone is 1. The van der Waals surface area contributed by atoms with Crippen molar-refractivity contribution in [3.8, 4) is 16.9 Å². The zero-order valence-corrected chi connectivity index (χ0v) is 41.4. The summed E-state index contributed by atoms with van der Waals surface area (Å²) in [5.74, 6) is -2.90. The summed E-state index contributed by atoms with van der Waals surface area (Å²) in [5, 5.41) is 16.8. The molecule has 69 heavy (non-hydrogen) atoms. The molecule has 5 aliphatic rings. The summed E-state index contributed by atoms with van der Waals surface area (Å²) in [6.45, 7) is 15.2. The van der Waals surface area contributed by atoms with E-state index in [1.807, 2.05) is 39.1 Å². The average Bonchev–Trinajstić information content (AvgIpc) is 4.01. The number of aryl methyl sites for hydroxylation is 1. The molecule has 4 amide bonds. The number of carbonyl (C=O) groups is 5. The van der Waals surface area contributed by atoms with Crippen LogP contribution in [0.2, 0.25) is 0 Å². The highest BCUT2D eigenvalue weighted by Crippen LogP contribution is 2.42. The Morgan fingerprint density at radius 2 is 1.86 bits per heavy atom. The Balaban J connectivity index is 1.18. The van der Waals surface area contributed by atoms with E-state index in [2.05, 4.69) is 48.2 Å². The van der Waals surface area contributed by atoms with Crippen molar-refractivity contribution in [1.29, 1.82) is 0 Å². The summed E-state index contributed by atoms with van der Waals surface area (Å²) in [6, 6.07) is 8.46. The fourth-order valence-corrected chi connectivity index (χ4v) is 10.8. The lowest BCUT2D eigenvalue weighted by molar-refractivity contribution is -0.155. The number of nitrogens with zero attached hydrogens (tertiary/aromatic N) is 5. The quantitative estimate of drug-likeness (QED) is 0.205. The lowest BCUT2D eigenvalue weighted by atomic mass is 9.83. The van der Waals surface area contributed by atoms with Crippen molar-refractivity contribution in [2.75, 3.05) is 46.6 Å². The topological polar surface area (TPSA) is 210 Å². The van der Waals surface area contributed by atoms with Crippen LogP contribution in [0.5, 0.6) is 5.75 Å². The molecular formula is C52H70N8O9. The number of phenolic OH excluding ortho intramolecular Hbond substituents is 1. The minimum absolute atomic E-state index is 0.0138. The number of ether oxygens (including phenoxy) is 3. The molecule has 8 rings (SSSR count). The predicted molar refractivity (Wildman–Crippen MR) is 261 cm³/mol. The van der Waals surface area contributed by atoms with Gasteiger partial charge in [-0.25, -0.2) is 5.43 Å². The Labute approximate surface area is 404 Å². The second-order valence-corrected chi connectivity index (χ2v) is 20.7. The van der Waals surface area contributed by atoms with Crippen molar-refractivity contribution in [1.82, 2.24) is 30.1 Å². The summed E-state index contributed by atoms with van der Waals surface area (Å²) in [7, 11) is 1.69. The number of cyclic esters (lactones) is 1. The van der Waals surface area contributed by atoms with E-state index < -0.39 is 64.7 Å². The number of hydrogen-bond acceptors (Lipinski definition) is 12. The van der Waals surface area contributed by atoms with Crippen LogP contribution in [-0.4, -0.2) is 137 Å². The highest BCUT2D eigenvalue weighted by atomic mass is 16.5. The molecule has 2 aromatic carbocycles. The van der Waals surface area contributed by atoms with Gasteiger partial charge in [-0.05, 0) is 98.4 Å². The molecule has 0 radical (unpaired) electrons. The van der Waals surface area contributed by atoms with Crippen LogP contribution in [0, 0.1) is 17.3 Å². The van der Waals surface area contributed by atoms with Gasteiger partial charge in [-0.1, -0.05) is 46.8 Å². The van der Waals surface area contributed by atoms with Crippen molar-refractivity contribution in [2.24, 2.45) is 28.0 Å². The number of aromatic nitrogens is 1. The van der Waals surface area contributed by atoms with Crippen molar-refractivity contribution < 1.29 is 43.3 Å². The molecule has 17 heteroatoms. The molecule has 6 bridgehead atoms. The number of hydrogen-bond donors (Lipinski definition) is 4. The number of hydrazine groups is 1. The Kier molecular flexibility index (Phi) is 14.4. The molecule has 1 spiro atoms. The maximum Gasteiger partial charge on any atom is 0.324 e. The molecule has 5 N–H and O–H groups in total. The van der Waals surface area contributed by atoms with E-state index in [9.17, 15) is 29.1 Å². The molecular weight excluding hydrogens is 881 g/mol. The maximum atomic E-state index is 14.8. The second kappa shape index (κ2) is 20.0. The smallest absolute Gasteiger partial charge is 0.324 e. The molecule has 0 unspecified atom stereocenters. The third kappa shape index (κ3) is 9.79. The second-order valence-electron chi connectivity index (χ2n) is 20.7. The molecule has 17 nitrogen and oxygen atoms in total. The first-order valence-electron chi connectivity index (χ1n) is 24.6. The van der Waals surface area contributed by atoms with E-state index in [-0.39, 0.29) is 63.6 Å². The lowest BCUT2D eigenvalue weighted by Gasteiger charge is -2.36. The van der Waals surface area contributed by atoms with Crippen LogP contribution < -0.4 is 16.5 Å². The van der Waals surface area contributed by atoms with Gasteiger partial charge in [0.25, 0.3) is 11.8 Å². The van der Waals surface area contributed by atoms with Gasteiger partial charge in [-0.3, -0.25) is 34.0 Å². The number of nitrogens with one attached hydrogen (secondary N) is 2. The number of likely N-dealkylation sites (tertiary alicyclic amines) is 1. The summed E-state index contributed by atoms with van der Waals surface area (Å²) in [4.78, 5) is 78.8. The standard InChI is InChI=1S/C52H70N8O9/c1-9-58-42-15-14-34-24-38(42)39(45(58)37-12-10-17-54-43(37)32(5)67-8)25-51(6,7)28-68-49(65)40-13-11-18-60(56-40)48(64)41(22-33-20-35(34)23-36(61)21-33)55-46(62)44(30(2)3)59-29-69-52(50(59)66)16-19-57(27-52)47(63)31(4)26-53/h14-15,17,20-21,23-24,30-32,40-41,44,56,61H,9-13,16,18-19,22,25-29,53H2,1-8H3,(H,55,62)/t31-,32+,40+,41+,44+,52+/m1/s1. The van der Waals surface area contributed by atoms with Crippen molar-refractivity contribution in [3.63, 3.8) is 0 Å². The van der Waals surface area contributed by atoms with Gasteiger partial charge in [0.15, 0.2) is 5.60 Å². The molecule has 0 saturated carbocycles. The Morgan fingerprint density at radius 3 is 2.58 bits per heavy atom. The zero-order chi connectivity index (χ0) is 49.5. The molecule has 5 aliphatic heterocycles. The lowest BCUT2D eigenvalue weighted by Crippen LogP contribution is -2.62. The van der Waals surface area contributed by atoms with Crippen LogP contribution in [0.15, 0.2) is 47.1 Å². The SMILES string of the molecule is CCn1c(C2=C([C@H](C)OC)N=CCC2)c2c3cc(ccc31)-c1cc(O)cc(c1)C[C@H](NC(=O)[C@H](C(C)C)N1CO[C@]3(CCN(C(=O)[C@H](C)CN)C3)C1=O)C(=O)N1CCC[C@H](N1)C(=O)OCC(C)(C)C2. The molecule has 3 fully saturated rings. The Hall–Kier alpha value is -5.62. The van der Waals surface area contributed by atoms with E-state index in [0.29, 0.717) is 37.9 Å². The summed E-state index contributed by atoms with van der Waals surface area (Å²) >= 11 is 0. The molecule has 3 aromatic rings. The maximum absolute atomic E-state index is 14.8. The number of esters is 1. The minimum atomic E-state index is -1.29. The van der Waals surface area contributed by atoms with Gasteiger partial charge >= 0.3 is 5.97 Å². The van der Waals surface area contributed by atoms with E-state index in [0.717, 1.165) is 57.4 Å². The number of fused-ring (bicyclic) bond motifs is 6. The molecule has 372 valence electrons. The molecule has 0 aliphatic carbocycles. The van der Waals surface area contributed by atoms with E-state index >= 15 is 0 Å². The molecule has 1 aromatic heterocycles. The third-order valence-corrected chi connectivity index (χ3v) is 14.6. The molecule has 6 atom stereocenters. The number of amides is 4. The number of aliphatic imine (C=N–C) groups is 1. The number of benzene rings is 2. The Bertz CT molecular complexity index is 2570. The van der Waals surface area contributed by atoms with Crippen molar-refractivity contribution >= 4 is 52.3 Å². The number of phenols is 1. The third-order valence-electron chi connectivity index (χ3n) is 14.6. The number of aromatic hydroxyl groups is 1. The average molecular weight is 951 g/mol. The number of nitrogens with two attached hydrogens (primary N) is 1.